The molecule has 2 rings (SSSR count). The van der Waals surface area contributed by atoms with E-state index in [-0.39, 0.29) is 15.8 Å². The number of rotatable bonds is 3. The molecule has 19 heavy (non-hydrogen) atoms. The van der Waals surface area contributed by atoms with Gasteiger partial charge in [-0.3, -0.25) is 0 Å². The molecule has 7 heteroatoms. The van der Waals surface area contributed by atoms with Gasteiger partial charge in [0.1, 0.15) is 10.6 Å². The van der Waals surface area contributed by atoms with E-state index in [2.05, 4.69) is 20.9 Å². The van der Waals surface area contributed by atoms with E-state index >= 15 is 0 Å². The zero-order valence-corrected chi connectivity index (χ0v) is 13.0. The van der Waals surface area contributed by atoms with Crippen molar-refractivity contribution in [2.24, 2.45) is 0 Å². The molecule has 100 valence electrons. The molecule has 0 amide bonds. The maximum Gasteiger partial charge on any atom is 0.342 e. The highest BCUT2D eigenvalue weighted by molar-refractivity contribution is 9.10. The molecule has 0 aliphatic heterocycles. The van der Waals surface area contributed by atoms with Crippen LogP contribution in [0.4, 0.5) is 0 Å². The third-order valence-electron chi connectivity index (χ3n) is 2.34. The van der Waals surface area contributed by atoms with E-state index < -0.39 is 10.1 Å². The number of hydrogen-bond acceptors (Lipinski definition) is 4. The summed E-state index contributed by atoms with van der Waals surface area (Å²) in [5.74, 6) is 0.263. The summed E-state index contributed by atoms with van der Waals surface area (Å²) in [6.45, 7) is 1.76. The summed E-state index contributed by atoms with van der Waals surface area (Å²) in [6, 6.07) is 8.17. The molecule has 0 fully saturated rings. The predicted molar refractivity (Wildman–Crippen MR) is 75.9 cm³/mol. The van der Waals surface area contributed by atoms with Crippen LogP contribution in [0.2, 0.25) is 5.15 Å². The molecule has 4 nitrogen and oxygen atoms in total. The number of pyridine rings is 1. The first-order valence-electron chi connectivity index (χ1n) is 5.21. The Balaban J connectivity index is 2.44. The normalized spacial score (nSPS) is 11.3. The highest BCUT2D eigenvalue weighted by Gasteiger charge is 2.22. The van der Waals surface area contributed by atoms with Crippen LogP contribution in [-0.4, -0.2) is 13.4 Å². The fourth-order valence-corrected chi connectivity index (χ4v) is 3.31. The van der Waals surface area contributed by atoms with E-state index in [1.54, 1.807) is 31.2 Å². The third kappa shape index (κ3) is 3.26. The van der Waals surface area contributed by atoms with E-state index in [0.717, 1.165) is 0 Å². The first kappa shape index (κ1) is 14.3. The van der Waals surface area contributed by atoms with E-state index in [0.29, 0.717) is 10.0 Å². The van der Waals surface area contributed by atoms with Crippen molar-refractivity contribution in [2.75, 3.05) is 0 Å². The van der Waals surface area contributed by atoms with Gasteiger partial charge in [0.25, 0.3) is 0 Å². The highest BCUT2D eigenvalue weighted by Crippen LogP contribution is 2.27. The number of benzene rings is 1. The van der Waals surface area contributed by atoms with Gasteiger partial charge in [-0.15, -0.1) is 0 Å². The molecule has 0 bridgehead atoms. The zero-order chi connectivity index (χ0) is 14.0. The van der Waals surface area contributed by atoms with Gasteiger partial charge in [0.2, 0.25) is 0 Å². The fraction of sp³-hybridized carbons (Fsp3) is 0.0833. The minimum absolute atomic E-state index is 0.128. The topological polar surface area (TPSA) is 56.3 Å². The average Bonchev–Trinajstić information content (AvgIpc) is 2.35. The second-order valence-electron chi connectivity index (χ2n) is 3.75. The van der Waals surface area contributed by atoms with Crippen LogP contribution in [0.3, 0.4) is 0 Å². The second-order valence-corrected chi connectivity index (χ2v) is 6.53. The standard InChI is InChI=1S/C12H9BrClNO3S/c1-8-4-2-3-5-10(8)18-19(16,17)11-6-9(13)7-15-12(11)14/h2-7H,1H3. The van der Waals surface area contributed by atoms with Crippen molar-refractivity contribution in [3.63, 3.8) is 0 Å². The first-order valence-corrected chi connectivity index (χ1v) is 7.79. The van der Waals surface area contributed by atoms with Gasteiger partial charge in [0.05, 0.1) is 0 Å². The van der Waals surface area contributed by atoms with Crippen molar-refractivity contribution in [1.82, 2.24) is 4.98 Å². The Morgan fingerprint density at radius 3 is 2.68 bits per heavy atom. The van der Waals surface area contributed by atoms with Crippen LogP contribution in [0, 0.1) is 6.92 Å². The molecule has 1 heterocycles. The zero-order valence-electron chi connectivity index (χ0n) is 9.80. The van der Waals surface area contributed by atoms with Gasteiger partial charge in [0.15, 0.2) is 5.15 Å². The summed E-state index contributed by atoms with van der Waals surface area (Å²) in [7, 11) is -4.01. The van der Waals surface area contributed by atoms with Gasteiger partial charge in [-0.05, 0) is 40.5 Å². The number of para-hydroxylation sites is 1. The van der Waals surface area contributed by atoms with Crippen molar-refractivity contribution in [3.8, 4) is 5.75 Å². The number of hydrogen-bond donors (Lipinski definition) is 0. The second kappa shape index (κ2) is 5.48. The van der Waals surface area contributed by atoms with Crippen molar-refractivity contribution in [2.45, 2.75) is 11.8 Å². The Hall–Kier alpha value is -1.11. The molecule has 0 saturated carbocycles. The van der Waals surface area contributed by atoms with Crippen LogP contribution in [0.25, 0.3) is 0 Å². The molecular weight excluding hydrogens is 354 g/mol. The van der Waals surface area contributed by atoms with E-state index in [9.17, 15) is 8.42 Å². The monoisotopic (exact) mass is 361 g/mol. The van der Waals surface area contributed by atoms with Gasteiger partial charge in [-0.1, -0.05) is 29.8 Å². The molecule has 0 radical (unpaired) electrons. The summed E-state index contributed by atoms with van der Waals surface area (Å²) in [6.07, 6.45) is 1.41. The molecule has 0 aliphatic carbocycles. The number of halogens is 2. The minimum atomic E-state index is -4.01. The van der Waals surface area contributed by atoms with E-state index in [1.807, 2.05) is 0 Å². The smallest absolute Gasteiger partial charge is 0.342 e. The molecule has 2 aromatic rings. The largest absolute Gasteiger partial charge is 0.379 e. The maximum absolute atomic E-state index is 12.2. The molecule has 0 spiro atoms. The SMILES string of the molecule is Cc1ccccc1OS(=O)(=O)c1cc(Br)cnc1Cl. The lowest BCUT2D eigenvalue weighted by molar-refractivity contribution is 0.484. The fourth-order valence-electron chi connectivity index (χ4n) is 1.39. The highest BCUT2D eigenvalue weighted by atomic mass is 79.9. The van der Waals surface area contributed by atoms with Crippen molar-refractivity contribution >= 4 is 37.6 Å². The summed E-state index contributed by atoms with van der Waals surface area (Å²) >= 11 is 8.94. The van der Waals surface area contributed by atoms with E-state index in [4.69, 9.17) is 15.8 Å². The van der Waals surface area contributed by atoms with Crippen LogP contribution in [0.5, 0.6) is 5.75 Å². The Labute approximate surface area is 124 Å². The van der Waals surface area contributed by atoms with Crippen molar-refractivity contribution in [1.29, 1.82) is 0 Å². The summed E-state index contributed by atoms with van der Waals surface area (Å²) in [5.41, 5.74) is 0.713. The van der Waals surface area contributed by atoms with Crippen LogP contribution in [-0.2, 0) is 10.1 Å². The summed E-state index contributed by atoms with van der Waals surface area (Å²) in [4.78, 5) is 3.59. The Morgan fingerprint density at radius 2 is 2.00 bits per heavy atom. The maximum atomic E-state index is 12.2. The lowest BCUT2D eigenvalue weighted by atomic mass is 10.2. The Morgan fingerprint density at radius 1 is 1.32 bits per heavy atom. The molecular formula is C12H9BrClNO3S. The van der Waals surface area contributed by atoms with Crippen molar-refractivity contribution < 1.29 is 12.6 Å². The van der Waals surface area contributed by atoms with Crippen molar-refractivity contribution in [3.05, 3.63) is 51.7 Å². The van der Waals surface area contributed by atoms with Gasteiger partial charge in [-0.2, -0.15) is 8.42 Å². The van der Waals surface area contributed by atoms with Gasteiger partial charge < -0.3 is 4.18 Å². The van der Waals surface area contributed by atoms with Gasteiger partial charge in [0, 0.05) is 10.7 Å². The molecule has 0 unspecified atom stereocenters. The Bertz CT molecular complexity index is 719. The predicted octanol–water partition coefficient (Wildman–Crippen LogP) is 3.57. The third-order valence-corrected chi connectivity index (χ3v) is 4.43. The van der Waals surface area contributed by atoms with Crippen LogP contribution in [0.15, 0.2) is 45.9 Å². The minimum Gasteiger partial charge on any atom is -0.379 e. The van der Waals surface area contributed by atoms with E-state index in [1.165, 1.54) is 12.3 Å². The first-order chi connectivity index (χ1) is 8.90. The molecule has 0 atom stereocenters. The lowest BCUT2D eigenvalue weighted by Gasteiger charge is -2.10. The van der Waals surface area contributed by atoms with Crippen LogP contribution < -0.4 is 4.18 Å². The van der Waals surface area contributed by atoms with Crippen LogP contribution >= 0.6 is 27.5 Å². The molecule has 0 N–H and O–H groups in total. The quantitative estimate of drug-likeness (QED) is 0.618. The molecule has 1 aromatic heterocycles. The number of aryl methyl sites for hydroxylation is 1. The van der Waals surface area contributed by atoms with Gasteiger partial charge >= 0.3 is 10.1 Å². The lowest BCUT2D eigenvalue weighted by Crippen LogP contribution is -2.11. The molecule has 0 aliphatic rings. The Kier molecular flexibility index (Phi) is 4.13. The number of nitrogens with zero attached hydrogens (tertiary/aromatic N) is 1. The molecule has 0 saturated heterocycles. The summed E-state index contributed by atoms with van der Waals surface area (Å²) < 4.78 is 29.9. The average molecular weight is 363 g/mol. The summed E-state index contributed by atoms with van der Waals surface area (Å²) in [5, 5.41) is -0.128. The van der Waals surface area contributed by atoms with Gasteiger partial charge in [-0.25, -0.2) is 4.98 Å². The molecule has 1 aromatic carbocycles. The van der Waals surface area contributed by atoms with Crippen LogP contribution in [0.1, 0.15) is 5.56 Å². The number of aromatic nitrogens is 1.